The molecule has 0 unspecified atom stereocenters. The monoisotopic (exact) mass is 273 g/mol. The summed E-state index contributed by atoms with van der Waals surface area (Å²) in [5.41, 5.74) is 1.34. The van der Waals surface area contributed by atoms with Crippen LogP contribution < -0.4 is 0 Å². The molecule has 0 aliphatic heterocycles. The van der Waals surface area contributed by atoms with E-state index in [2.05, 4.69) is 11.2 Å². The number of carbonyl (C=O) groups is 1. The number of nitrogens with zero attached hydrogens (tertiary/aromatic N) is 3. The van der Waals surface area contributed by atoms with Crippen LogP contribution in [-0.4, -0.2) is 20.9 Å². The lowest BCUT2D eigenvalue weighted by Crippen LogP contribution is -1.99. The van der Waals surface area contributed by atoms with Crippen molar-refractivity contribution in [2.75, 3.05) is 0 Å². The highest BCUT2D eigenvalue weighted by Gasteiger charge is 2.17. The van der Waals surface area contributed by atoms with Crippen molar-refractivity contribution < 1.29 is 9.90 Å². The number of aryl methyl sites for hydroxylation is 2. The molecule has 0 atom stereocenters. The summed E-state index contributed by atoms with van der Waals surface area (Å²) >= 11 is 1.24. The number of carboxylic acid groups (broad SMARTS) is 1. The summed E-state index contributed by atoms with van der Waals surface area (Å²) in [6.07, 6.45) is 0. The number of aromatic nitrogens is 2. The number of rotatable bonds is 3. The maximum absolute atomic E-state index is 11.2. The maximum Gasteiger partial charge on any atom is 0.336 e. The highest BCUT2D eigenvalue weighted by Crippen LogP contribution is 2.33. The van der Waals surface area contributed by atoms with Gasteiger partial charge in [0, 0.05) is 11.9 Å². The van der Waals surface area contributed by atoms with Gasteiger partial charge in [0.2, 0.25) is 0 Å². The van der Waals surface area contributed by atoms with Crippen LogP contribution in [0.15, 0.2) is 34.2 Å². The molecule has 0 fully saturated rings. The van der Waals surface area contributed by atoms with E-state index in [-0.39, 0.29) is 5.56 Å². The van der Waals surface area contributed by atoms with E-state index in [1.54, 1.807) is 42.9 Å². The molecule has 0 radical (unpaired) electrons. The third-order valence-electron chi connectivity index (χ3n) is 2.61. The van der Waals surface area contributed by atoms with Gasteiger partial charge in [-0.15, -0.1) is 0 Å². The fraction of sp³-hybridized carbons (Fsp3) is 0.154. The molecule has 0 amide bonds. The Bertz CT molecular complexity index is 686. The van der Waals surface area contributed by atoms with Gasteiger partial charge in [0.1, 0.15) is 16.7 Å². The number of benzene rings is 1. The fourth-order valence-electron chi connectivity index (χ4n) is 1.72. The normalized spacial score (nSPS) is 10.2. The largest absolute Gasteiger partial charge is 0.478 e. The number of hydrogen-bond acceptors (Lipinski definition) is 4. The van der Waals surface area contributed by atoms with E-state index in [0.29, 0.717) is 21.2 Å². The van der Waals surface area contributed by atoms with Crippen molar-refractivity contribution in [3.05, 3.63) is 41.1 Å². The summed E-state index contributed by atoms with van der Waals surface area (Å²) in [6.45, 7) is 1.76. The van der Waals surface area contributed by atoms with Crippen molar-refractivity contribution in [1.29, 1.82) is 5.26 Å². The van der Waals surface area contributed by atoms with E-state index in [4.69, 9.17) is 10.4 Å². The first-order valence-corrected chi connectivity index (χ1v) is 6.30. The Hall–Kier alpha value is -2.26. The second kappa shape index (κ2) is 5.16. The van der Waals surface area contributed by atoms with Crippen LogP contribution in [0.5, 0.6) is 0 Å². The average molecular weight is 273 g/mol. The smallest absolute Gasteiger partial charge is 0.336 e. The van der Waals surface area contributed by atoms with Gasteiger partial charge in [-0.1, -0.05) is 23.9 Å². The zero-order valence-electron chi connectivity index (χ0n) is 10.4. The Morgan fingerprint density at radius 1 is 1.47 bits per heavy atom. The highest BCUT2D eigenvalue weighted by molar-refractivity contribution is 7.99. The van der Waals surface area contributed by atoms with E-state index < -0.39 is 5.97 Å². The van der Waals surface area contributed by atoms with Crippen LogP contribution in [0.2, 0.25) is 0 Å². The third kappa shape index (κ3) is 2.46. The standard InChI is InChI=1S/C13H11N3O2S/c1-8-10(7-14)12(16(2)15-8)19-11-6-4-3-5-9(11)13(17)18/h3-6H,1-2H3,(H,17,18). The number of nitriles is 1. The summed E-state index contributed by atoms with van der Waals surface area (Å²) in [7, 11) is 1.74. The minimum absolute atomic E-state index is 0.218. The lowest BCUT2D eigenvalue weighted by Gasteiger charge is -2.06. The van der Waals surface area contributed by atoms with Crippen LogP contribution >= 0.6 is 11.8 Å². The van der Waals surface area contributed by atoms with Gasteiger partial charge < -0.3 is 5.11 Å². The van der Waals surface area contributed by atoms with Gasteiger partial charge in [0.15, 0.2) is 0 Å². The second-order valence-electron chi connectivity index (χ2n) is 3.90. The Balaban J connectivity index is 2.48. The Labute approximate surface area is 114 Å². The zero-order valence-corrected chi connectivity index (χ0v) is 11.2. The molecule has 1 heterocycles. The minimum atomic E-state index is -0.986. The number of aromatic carboxylic acids is 1. The van der Waals surface area contributed by atoms with Crippen molar-refractivity contribution in [3.63, 3.8) is 0 Å². The molecule has 1 N–H and O–H groups in total. The predicted octanol–water partition coefficient (Wildman–Crippen LogP) is 2.45. The third-order valence-corrected chi connectivity index (χ3v) is 3.84. The Kier molecular flexibility index (Phi) is 3.58. The average Bonchev–Trinajstić information content (AvgIpc) is 2.64. The first-order valence-electron chi connectivity index (χ1n) is 5.48. The van der Waals surface area contributed by atoms with E-state index in [0.717, 1.165) is 0 Å². The summed E-state index contributed by atoms with van der Waals surface area (Å²) in [5, 5.41) is 23.1. The molecule has 0 aliphatic rings. The van der Waals surface area contributed by atoms with Gasteiger partial charge in [0.25, 0.3) is 0 Å². The van der Waals surface area contributed by atoms with Crippen molar-refractivity contribution in [3.8, 4) is 6.07 Å². The predicted molar refractivity (Wildman–Crippen MR) is 70.2 cm³/mol. The van der Waals surface area contributed by atoms with Gasteiger partial charge in [-0.25, -0.2) is 4.79 Å². The minimum Gasteiger partial charge on any atom is -0.478 e. The van der Waals surface area contributed by atoms with Crippen LogP contribution in [0.4, 0.5) is 0 Å². The van der Waals surface area contributed by atoms with Gasteiger partial charge in [-0.3, -0.25) is 4.68 Å². The molecule has 0 saturated heterocycles. The molecule has 0 bridgehead atoms. The van der Waals surface area contributed by atoms with Crippen LogP contribution in [0.25, 0.3) is 0 Å². The van der Waals surface area contributed by atoms with Crippen LogP contribution in [0, 0.1) is 18.3 Å². The van der Waals surface area contributed by atoms with E-state index >= 15 is 0 Å². The van der Waals surface area contributed by atoms with Crippen LogP contribution in [0.3, 0.4) is 0 Å². The fourth-order valence-corrected chi connectivity index (χ4v) is 2.81. The molecule has 0 aliphatic carbocycles. The second-order valence-corrected chi connectivity index (χ2v) is 4.93. The summed E-state index contributed by atoms with van der Waals surface area (Å²) in [5.74, 6) is -0.986. The molecule has 2 rings (SSSR count). The van der Waals surface area contributed by atoms with Gasteiger partial charge in [-0.05, 0) is 19.1 Å². The zero-order chi connectivity index (χ0) is 14.0. The van der Waals surface area contributed by atoms with Gasteiger partial charge in [-0.2, -0.15) is 10.4 Å². The molecule has 96 valence electrons. The van der Waals surface area contributed by atoms with Gasteiger partial charge >= 0.3 is 5.97 Å². The Morgan fingerprint density at radius 3 is 2.79 bits per heavy atom. The van der Waals surface area contributed by atoms with E-state index in [1.807, 2.05) is 0 Å². The van der Waals surface area contributed by atoms with Crippen molar-refractivity contribution in [2.24, 2.45) is 7.05 Å². The van der Waals surface area contributed by atoms with E-state index in [9.17, 15) is 4.79 Å². The SMILES string of the molecule is Cc1nn(C)c(Sc2ccccc2C(=O)O)c1C#N. The maximum atomic E-state index is 11.2. The van der Waals surface area contributed by atoms with E-state index in [1.165, 1.54) is 11.8 Å². The Morgan fingerprint density at radius 2 is 2.16 bits per heavy atom. The molecule has 5 nitrogen and oxygen atoms in total. The number of carboxylic acids is 1. The first-order chi connectivity index (χ1) is 9.04. The van der Waals surface area contributed by atoms with Crippen molar-refractivity contribution >= 4 is 17.7 Å². The lowest BCUT2D eigenvalue weighted by molar-refractivity contribution is 0.0693. The van der Waals surface area contributed by atoms with Crippen LogP contribution in [0.1, 0.15) is 21.6 Å². The highest BCUT2D eigenvalue weighted by atomic mass is 32.2. The summed E-state index contributed by atoms with van der Waals surface area (Å²) < 4.78 is 1.59. The summed E-state index contributed by atoms with van der Waals surface area (Å²) in [4.78, 5) is 11.7. The van der Waals surface area contributed by atoms with Gasteiger partial charge in [0.05, 0.1) is 11.3 Å². The topological polar surface area (TPSA) is 78.9 Å². The first kappa shape index (κ1) is 13.2. The van der Waals surface area contributed by atoms with Crippen molar-refractivity contribution in [1.82, 2.24) is 9.78 Å². The molecule has 2 aromatic rings. The molecule has 6 heteroatoms. The molecule has 0 spiro atoms. The molecule has 19 heavy (non-hydrogen) atoms. The quantitative estimate of drug-likeness (QED) is 0.929. The summed E-state index contributed by atoms with van der Waals surface area (Å²) in [6, 6.07) is 8.81. The molecule has 1 aromatic carbocycles. The molecule has 1 aromatic heterocycles. The van der Waals surface area contributed by atoms with Crippen molar-refractivity contribution in [2.45, 2.75) is 16.8 Å². The van der Waals surface area contributed by atoms with Crippen LogP contribution in [-0.2, 0) is 7.05 Å². The molecular weight excluding hydrogens is 262 g/mol. The molecule has 0 saturated carbocycles. The number of hydrogen-bond donors (Lipinski definition) is 1. The lowest BCUT2D eigenvalue weighted by atomic mass is 10.2. The molecular formula is C13H11N3O2S.